The van der Waals surface area contributed by atoms with Crippen LogP contribution in [0, 0.1) is 12.7 Å². The van der Waals surface area contributed by atoms with Gasteiger partial charge in [-0.15, -0.1) is 0 Å². The Labute approximate surface area is 179 Å². The molecule has 0 unspecified atom stereocenters. The zero-order valence-corrected chi connectivity index (χ0v) is 17.1. The van der Waals surface area contributed by atoms with Crippen molar-refractivity contribution in [2.75, 3.05) is 13.2 Å². The van der Waals surface area contributed by atoms with E-state index in [1.54, 1.807) is 42.5 Å². The number of carbonyl (C=O) groups is 3. The van der Waals surface area contributed by atoms with E-state index < -0.39 is 18.5 Å². The van der Waals surface area contributed by atoms with Gasteiger partial charge < -0.3 is 10.1 Å². The quantitative estimate of drug-likeness (QED) is 0.444. The van der Waals surface area contributed by atoms with E-state index in [1.165, 1.54) is 18.2 Å². The molecule has 0 saturated heterocycles. The maximum absolute atomic E-state index is 12.9. The standard InChI is InChI=1S/C25H22FNO4/c1-17-6-10-19(11-7-17)24(29)21-4-2-3-5-22(21)25(30)31-16-23(28)27-15-14-18-8-12-20(26)13-9-18/h2-13H,14-16H2,1H3,(H,27,28). The van der Waals surface area contributed by atoms with Crippen molar-refractivity contribution in [3.05, 3.63) is 106 Å². The van der Waals surface area contributed by atoms with Crippen LogP contribution in [-0.4, -0.2) is 30.8 Å². The number of carbonyl (C=O) groups excluding carboxylic acids is 3. The van der Waals surface area contributed by atoms with E-state index in [9.17, 15) is 18.8 Å². The fourth-order valence-electron chi connectivity index (χ4n) is 2.98. The number of hydrogen-bond acceptors (Lipinski definition) is 4. The van der Waals surface area contributed by atoms with Gasteiger partial charge in [0.25, 0.3) is 5.91 Å². The molecule has 0 aliphatic heterocycles. The molecule has 0 radical (unpaired) electrons. The molecule has 0 aliphatic rings. The maximum Gasteiger partial charge on any atom is 0.339 e. The van der Waals surface area contributed by atoms with Crippen LogP contribution in [0.2, 0.25) is 0 Å². The number of rotatable bonds is 8. The van der Waals surface area contributed by atoms with Crippen molar-refractivity contribution < 1.29 is 23.5 Å². The van der Waals surface area contributed by atoms with Crippen molar-refractivity contribution in [2.45, 2.75) is 13.3 Å². The molecular formula is C25H22FNO4. The minimum absolute atomic E-state index is 0.104. The summed E-state index contributed by atoms with van der Waals surface area (Å²) in [6, 6.07) is 19.4. The molecule has 0 fully saturated rings. The molecule has 3 aromatic rings. The van der Waals surface area contributed by atoms with Crippen LogP contribution < -0.4 is 5.32 Å². The molecule has 0 atom stereocenters. The smallest absolute Gasteiger partial charge is 0.339 e. The normalized spacial score (nSPS) is 10.4. The van der Waals surface area contributed by atoms with Gasteiger partial charge in [0.2, 0.25) is 0 Å². The Kier molecular flexibility index (Phi) is 7.27. The van der Waals surface area contributed by atoms with Crippen molar-refractivity contribution in [2.24, 2.45) is 0 Å². The first-order chi connectivity index (χ1) is 14.9. The topological polar surface area (TPSA) is 72.5 Å². The average Bonchev–Trinajstić information content (AvgIpc) is 2.79. The van der Waals surface area contributed by atoms with Crippen LogP contribution in [0.1, 0.15) is 37.4 Å². The molecule has 0 spiro atoms. The Morgan fingerprint density at radius 3 is 2.19 bits per heavy atom. The number of ketones is 1. The Balaban J connectivity index is 1.55. The van der Waals surface area contributed by atoms with Gasteiger partial charge in [0.15, 0.2) is 12.4 Å². The summed E-state index contributed by atoms with van der Waals surface area (Å²) in [4.78, 5) is 37.3. The number of ether oxygens (including phenoxy) is 1. The highest BCUT2D eigenvalue weighted by Crippen LogP contribution is 2.16. The van der Waals surface area contributed by atoms with Crippen LogP contribution in [0.15, 0.2) is 72.8 Å². The van der Waals surface area contributed by atoms with E-state index in [-0.39, 0.29) is 22.7 Å². The number of nitrogens with one attached hydrogen (secondary N) is 1. The highest BCUT2D eigenvalue weighted by atomic mass is 19.1. The van der Waals surface area contributed by atoms with Gasteiger partial charge in [0.1, 0.15) is 5.82 Å². The largest absolute Gasteiger partial charge is 0.452 e. The number of amides is 1. The lowest BCUT2D eigenvalue weighted by atomic mass is 9.98. The summed E-state index contributed by atoms with van der Waals surface area (Å²) in [7, 11) is 0. The summed E-state index contributed by atoms with van der Waals surface area (Å²) >= 11 is 0. The average molecular weight is 419 g/mol. The lowest BCUT2D eigenvalue weighted by molar-refractivity contribution is -0.124. The van der Waals surface area contributed by atoms with Gasteiger partial charge in [-0.05, 0) is 37.1 Å². The molecule has 1 N–H and O–H groups in total. The Bertz CT molecular complexity index is 1080. The molecule has 3 aromatic carbocycles. The van der Waals surface area contributed by atoms with Crippen LogP contribution in [0.5, 0.6) is 0 Å². The summed E-state index contributed by atoms with van der Waals surface area (Å²) in [6.07, 6.45) is 0.522. The number of halogens is 1. The van der Waals surface area contributed by atoms with Crippen LogP contribution in [0.4, 0.5) is 4.39 Å². The summed E-state index contributed by atoms with van der Waals surface area (Å²) in [5.74, 6) is -1.82. The van der Waals surface area contributed by atoms with Gasteiger partial charge in [0, 0.05) is 17.7 Å². The van der Waals surface area contributed by atoms with Gasteiger partial charge in [0.05, 0.1) is 5.56 Å². The monoisotopic (exact) mass is 419 g/mol. The second-order valence-electron chi connectivity index (χ2n) is 7.04. The molecular weight excluding hydrogens is 397 g/mol. The van der Waals surface area contributed by atoms with E-state index in [0.29, 0.717) is 18.5 Å². The van der Waals surface area contributed by atoms with Crippen molar-refractivity contribution in [3.63, 3.8) is 0 Å². The van der Waals surface area contributed by atoms with E-state index in [4.69, 9.17) is 4.74 Å². The molecule has 3 rings (SSSR count). The van der Waals surface area contributed by atoms with Crippen molar-refractivity contribution in [1.82, 2.24) is 5.32 Å². The van der Waals surface area contributed by atoms with Crippen molar-refractivity contribution >= 4 is 17.7 Å². The predicted molar refractivity (Wildman–Crippen MR) is 114 cm³/mol. The summed E-state index contributed by atoms with van der Waals surface area (Å²) < 4.78 is 18.0. The zero-order chi connectivity index (χ0) is 22.2. The summed E-state index contributed by atoms with van der Waals surface area (Å²) in [5, 5.41) is 2.64. The minimum Gasteiger partial charge on any atom is -0.452 e. The Morgan fingerprint density at radius 2 is 1.52 bits per heavy atom. The second kappa shape index (κ2) is 10.3. The molecule has 31 heavy (non-hydrogen) atoms. The van der Waals surface area contributed by atoms with Crippen LogP contribution in [-0.2, 0) is 16.0 Å². The third-order valence-corrected chi connectivity index (χ3v) is 4.69. The van der Waals surface area contributed by atoms with E-state index in [0.717, 1.165) is 11.1 Å². The first-order valence-corrected chi connectivity index (χ1v) is 9.82. The molecule has 0 aromatic heterocycles. The molecule has 158 valence electrons. The van der Waals surface area contributed by atoms with Crippen LogP contribution >= 0.6 is 0 Å². The number of benzene rings is 3. The molecule has 5 nitrogen and oxygen atoms in total. The zero-order valence-electron chi connectivity index (χ0n) is 17.1. The van der Waals surface area contributed by atoms with E-state index in [1.807, 2.05) is 19.1 Å². The Hall–Kier alpha value is -3.80. The van der Waals surface area contributed by atoms with Gasteiger partial charge in [-0.1, -0.05) is 60.2 Å². The first-order valence-electron chi connectivity index (χ1n) is 9.82. The van der Waals surface area contributed by atoms with E-state index in [2.05, 4.69) is 5.32 Å². The van der Waals surface area contributed by atoms with Gasteiger partial charge >= 0.3 is 5.97 Å². The first kappa shape index (κ1) is 21.9. The summed E-state index contributed by atoms with van der Waals surface area (Å²) in [6.45, 7) is 1.78. The molecule has 6 heteroatoms. The number of aryl methyl sites for hydroxylation is 1. The summed E-state index contributed by atoms with van der Waals surface area (Å²) in [5.41, 5.74) is 2.68. The minimum atomic E-state index is -0.746. The SMILES string of the molecule is Cc1ccc(C(=O)c2ccccc2C(=O)OCC(=O)NCCc2ccc(F)cc2)cc1. The highest BCUT2D eigenvalue weighted by molar-refractivity contribution is 6.14. The molecule has 0 saturated carbocycles. The maximum atomic E-state index is 12.9. The van der Waals surface area contributed by atoms with E-state index >= 15 is 0 Å². The van der Waals surface area contributed by atoms with Crippen molar-refractivity contribution in [1.29, 1.82) is 0 Å². The third kappa shape index (κ3) is 6.09. The number of hydrogen-bond donors (Lipinski definition) is 1. The highest BCUT2D eigenvalue weighted by Gasteiger charge is 2.19. The molecule has 0 bridgehead atoms. The fourth-order valence-corrected chi connectivity index (χ4v) is 2.98. The fraction of sp³-hybridized carbons (Fsp3) is 0.160. The second-order valence-corrected chi connectivity index (χ2v) is 7.04. The number of esters is 1. The molecule has 0 heterocycles. The van der Waals surface area contributed by atoms with Crippen molar-refractivity contribution in [3.8, 4) is 0 Å². The molecule has 1 amide bonds. The lowest BCUT2D eigenvalue weighted by Gasteiger charge is -2.10. The predicted octanol–water partition coefficient (Wildman–Crippen LogP) is 3.88. The van der Waals surface area contributed by atoms with Gasteiger partial charge in [-0.3, -0.25) is 9.59 Å². The van der Waals surface area contributed by atoms with Crippen LogP contribution in [0.3, 0.4) is 0 Å². The van der Waals surface area contributed by atoms with Crippen LogP contribution in [0.25, 0.3) is 0 Å². The van der Waals surface area contributed by atoms with Gasteiger partial charge in [-0.25, -0.2) is 9.18 Å². The lowest BCUT2D eigenvalue weighted by Crippen LogP contribution is -2.30. The molecule has 0 aliphatic carbocycles. The third-order valence-electron chi connectivity index (χ3n) is 4.69. The Morgan fingerprint density at radius 1 is 0.871 bits per heavy atom. The van der Waals surface area contributed by atoms with Gasteiger partial charge in [-0.2, -0.15) is 0 Å².